The van der Waals surface area contributed by atoms with E-state index >= 15 is 0 Å². The van der Waals surface area contributed by atoms with Gasteiger partial charge in [-0.15, -0.1) is 0 Å². The van der Waals surface area contributed by atoms with Gasteiger partial charge in [-0.2, -0.15) is 26.3 Å². The molecule has 0 aliphatic carbocycles. The number of hydrogen-bond donors (Lipinski definition) is 2. The summed E-state index contributed by atoms with van der Waals surface area (Å²) >= 11 is 0. The average Bonchev–Trinajstić information content (AvgIpc) is 3.06. The lowest BCUT2D eigenvalue weighted by atomic mass is 10.0. The summed E-state index contributed by atoms with van der Waals surface area (Å²) in [5, 5.41) is 10.0. The van der Waals surface area contributed by atoms with E-state index in [9.17, 15) is 35.9 Å². The van der Waals surface area contributed by atoms with Crippen molar-refractivity contribution >= 4 is 17.8 Å². The fourth-order valence-corrected chi connectivity index (χ4v) is 2.94. The van der Waals surface area contributed by atoms with Gasteiger partial charge < -0.3 is 20.2 Å². The molecule has 1 saturated heterocycles. The van der Waals surface area contributed by atoms with Crippen LogP contribution in [0.5, 0.6) is 0 Å². The zero-order valence-corrected chi connectivity index (χ0v) is 15.3. The minimum absolute atomic E-state index is 0.0653. The number of fused-ring (bicyclic) bond motifs is 1. The molecule has 166 valence electrons. The summed E-state index contributed by atoms with van der Waals surface area (Å²) in [5.74, 6) is -3.26. The van der Waals surface area contributed by atoms with Gasteiger partial charge in [-0.1, -0.05) is 12.1 Å². The number of carboxylic acids is 1. The normalized spacial score (nSPS) is 16.7. The van der Waals surface area contributed by atoms with Gasteiger partial charge in [0.1, 0.15) is 0 Å². The van der Waals surface area contributed by atoms with Crippen molar-refractivity contribution in [2.45, 2.75) is 25.4 Å². The number of rotatable bonds is 2. The molecule has 1 aromatic rings. The second-order valence-electron chi connectivity index (χ2n) is 6.49. The number of hydrogen-bond acceptors (Lipinski definition) is 4. The predicted molar refractivity (Wildman–Crippen MR) is 88.8 cm³/mol. The highest BCUT2D eigenvalue weighted by Gasteiger charge is 2.38. The maximum absolute atomic E-state index is 13.0. The number of nitrogens with zero attached hydrogens (tertiary/aromatic N) is 2. The van der Waals surface area contributed by atoms with E-state index in [1.807, 2.05) is 0 Å². The molecule has 1 fully saturated rings. The lowest BCUT2D eigenvalue weighted by Crippen LogP contribution is -2.51. The van der Waals surface area contributed by atoms with Gasteiger partial charge in [0.05, 0.1) is 18.7 Å². The number of piperazine rings is 1. The Labute approximate surface area is 166 Å². The molecule has 0 unspecified atom stereocenters. The first-order chi connectivity index (χ1) is 13.8. The number of alkyl halides is 6. The molecule has 0 radical (unpaired) electrons. The van der Waals surface area contributed by atoms with Gasteiger partial charge in [0.25, 0.3) is 0 Å². The number of aliphatic carboxylic acids is 1. The molecule has 2 aliphatic rings. The molecular formula is C17H17F6N3O4. The number of amides is 2. The van der Waals surface area contributed by atoms with Crippen LogP contribution in [0.3, 0.4) is 0 Å². The number of carbonyl (C=O) groups is 3. The highest BCUT2D eigenvalue weighted by Crippen LogP contribution is 2.37. The summed E-state index contributed by atoms with van der Waals surface area (Å²) in [6, 6.07) is 4.00. The fraction of sp³-hybridized carbons (Fsp3) is 0.471. The second kappa shape index (κ2) is 8.90. The summed E-state index contributed by atoms with van der Waals surface area (Å²) in [5.41, 5.74) is -0.0247. The standard InChI is InChI=1S/C15H16F3N3O2.C2HF3O2/c16-15(17,18)12-3-1-2-10-7-21(8-11(10)12)14(23)9-20-5-4-19-6-13(20)22;3-2(4,5)1(6)7/h1-3,19H,4-9H2;(H,6,7). The Morgan fingerprint density at radius 2 is 1.73 bits per heavy atom. The first-order valence-electron chi connectivity index (χ1n) is 8.55. The van der Waals surface area contributed by atoms with E-state index in [2.05, 4.69) is 5.32 Å². The molecule has 13 heteroatoms. The summed E-state index contributed by atoms with van der Waals surface area (Å²) < 4.78 is 70.8. The van der Waals surface area contributed by atoms with Crippen LogP contribution in [0.1, 0.15) is 16.7 Å². The number of halogens is 6. The van der Waals surface area contributed by atoms with E-state index in [-0.39, 0.29) is 43.6 Å². The molecular weight excluding hydrogens is 424 g/mol. The van der Waals surface area contributed by atoms with Crippen LogP contribution in [-0.2, 0) is 33.6 Å². The molecule has 30 heavy (non-hydrogen) atoms. The number of nitrogens with one attached hydrogen (secondary N) is 1. The van der Waals surface area contributed by atoms with Crippen molar-refractivity contribution in [2.75, 3.05) is 26.2 Å². The Morgan fingerprint density at radius 1 is 1.10 bits per heavy atom. The number of carboxylic acid groups (broad SMARTS) is 1. The van der Waals surface area contributed by atoms with Crippen LogP contribution in [0.2, 0.25) is 0 Å². The monoisotopic (exact) mass is 441 g/mol. The fourth-order valence-electron chi connectivity index (χ4n) is 2.94. The Bertz CT molecular complexity index is 825. The highest BCUT2D eigenvalue weighted by atomic mass is 19.4. The second-order valence-corrected chi connectivity index (χ2v) is 6.49. The third kappa shape index (κ3) is 5.84. The summed E-state index contributed by atoms with van der Waals surface area (Å²) in [6.07, 6.45) is -9.51. The van der Waals surface area contributed by atoms with Gasteiger partial charge in [-0.05, 0) is 17.2 Å². The van der Waals surface area contributed by atoms with E-state index < -0.39 is 23.9 Å². The Balaban J connectivity index is 0.000000396. The minimum atomic E-state index is -5.08. The molecule has 2 amide bonds. The van der Waals surface area contributed by atoms with Gasteiger partial charge in [-0.25, -0.2) is 4.79 Å². The topological polar surface area (TPSA) is 89.9 Å². The van der Waals surface area contributed by atoms with Crippen molar-refractivity contribution in [3.05, 3.63) is 34.9 Å². The van der Waals surface area contributed by atoms with Crippen LogP contribution in [-0.4, -0.2) is 65.0 Å². The molecule has 0 aromatic heterocycles. The first-order valence-corrected chi connectivity index (χ1v) is 8.55. The molecule has 2 aliphatic heterocycles. The quantitative estimate of drug-likeness (QED) is 0.681. The Hall–Kier alpha value is -2.83. The molecule has 2 N–H and O–H groups in total. The van der Waals surface area contributed by atoms with Gasteiger partial charge in [0.2, 0.25) is 11.8 Å². The van der Waals surface area contributed by atoms with E-state index in [0.29, 0.717) is 18.7 Å². The maximum atomic E-state index is 13.0. The van der Waals surface area contributed by atoms with Crippen LogP contribution in [0.25, 0.3) is 0 Å². The molecule has 0 bridgehead atoms. The highest BCUT2D eigenvalue weighted by molar-refractivity contribution is 5.86. The van der Waals surface area contributed by atoms with Crippen LogP contribution in [0, 0.1) is 0 Å². The first kappa shape index (κ1) is 23.4. The zero-order chi connectivity index (χ0) is 22.7. The van der Waals surface area contributed by atoms with Crippen molar-refractivity contribution in [1.82, 2.24) is 15.1 Å². The van der Waals surface area contributed by atoms with Gasteiger partial charge in [0.15, 0.2) is 0 Å². The molecule has 0 spiro atoms. The Kier molecular flexibility index (Phi) is 6.95. The average molecular weight is 441 g/mol. The van der Waals surface area contributed by atoms with E-state index in [1.165, 1.54) is 15.9 Å². The third-order valence-corrected chi connectivity index (χ3v) is 4.40. The molecule has 3 rings (SSSR count). The van der Waals surface area contributed by atoms with Crippen molar-refractivity contribution < 1.29 is 45.8 Å². The Morgan fingerprint density at radius 3 is 2.27 bits per heavy atom. The van der Waals surface area contributed by atoms with Crippen molar-refractivity contribution in [1.29, 1.82) is 0 Å². The van der Waals surface area contributed by atoms with Crippen LogP contribution in [0.15, 0.2) is 18.2 Å². The smallest absolute Gasteiger partial charge is 0.475 e. The van der Waals surface area contributed by atoms with Crippen molar-refractivity contribution in [3.8, 4) is 0 Å². The molecule has 2 heterocycles. The van der Waals surface area contributed by atoms with Crippen molar-refractivity contribution in [2.24, 2.45) is 0 Å². The van der Waals surface area contributed by atoms with E-state index in [4.69, 9.17) is 9.90 Å². The van der Waals surface area contributed by atoms with Gasteiger partial charge in [0, 0.05) is 26.2 Å². The summed E-state index contributed by atoms with van der Waals surface area (Å²) in [7, 11) is 0. The SMILES string of the molecule is O=C(O)C(F)(F)F.O=C1CNCCN1CC(=O)N1Cc2cccc(C(F)(F)F)c2C1. The van der Waals surface area contributed by atoms with Gasteiger partial charge >= 0.3 is 18.3 Å². The van der Waals surface area contributed by atoms with E-state index in [0.717, 1.165) is 6.07 Å². The summed E-state index contributed by atoms with van der Waals surface area (Å²) in [6.45, 7) is 1.22. The van der Waals surface area contributed by atoms with Crippen molar-refractivity contribution in [3.63, 3.8) is 0 Å². The predicted octanol–water partition coefficient (Wildman–Crippen LogP) is 1.61. The molecule has 7 nitrogen and oxygen atoms in total. The van der Waals surface area contributed by atoms with E-state index in [1.54, 1.807) is 6.07 Å². The lowest BCUT2D eigenvalue weighted by molar-refractivity contribution is -0.192. The van der Waals surface area contributed by atoms with Crippen LogP contribution >= 0.6 is 0 Å². The third-order valence-electron chi connectivity index (χ3n) is 4.40. The zero-order valence-electron chi connectivity index (χ0n) is 15.3. The number of carbonyl (C=O) groups excluding carboxylic acids is 2. The largest absolute Gasteiger partial charge is 0.490 e. The molecule has 0 saturated carbocycles. The molecule has 0 atom stereocenters. The lowest BCUT2D eigenvalue weighted by Gasteiger charge is -2.28. The minimum Gasteiger partial charge on any atom is -0.475 e. The van der Waals surface area contributed by atoms with Crippen LogP contribution in [0.4, 0.5) is 26.3 Å². The van der Waals surface area contributed by atoms with Crippen LogP contribution < -0.4 is 5.32 Å². The number of benzene rings is 1. The maximum Gasteiger partial charge on any atom is 0.490 e. The molecule has 1 aromatic carbocycles. The summed E-state index contributed by atoms with van der Waals surface area (Å²) in [4.78, 5) is 35.7. The van der Waals surface area contributed by atoms with Gasteiger partial charge in [-0.3, -0.25) is 9.59 Å².